The van der Waals surface area contributed by atoms with Crippen LogP contribution >= 0.6 is 0 Å². The number of aryl methyl sites for hydroxylation is 1. The summed E-state index contributed by atoms with van der Waals surface area (Å²) in [5.41, 5.74) is 4.97. The normalized spacial score (nSPS) is 15.7. The molecule has 4 aromatic rings. The number of amides is 1. The van der Waals surface area contributed by atoms with Gasteiger partial charge in [-0.1, -0.05) is 29.5 Å². The molecule has 7 nitrogen and oxygen atoms in total. The summed E-state index contributed by atoms with van der Waals surface area (Å²) in [7, 11) is 1.89. The van der Waals surface area contributed by atoms with Gasteiger partial charge in [-0.3, -0.25) is 9.48 Å². The van der Waals surface area contributed by atoms with Gasteiger partial charge < -0.3 is 4.90 Å². The van der Waals surface area contributed by atoms with Gasteiger partial charge in [-0.05, 0) is 47.9 Å². The molecule has 1 aliphatic rings. The number of rotatable bonds is 3. The molecule has 2 aromatic carbocycles. The van der Waals surface area contributed by atoms with Crippen LogP contribution in [0.4, 0.5) is 4.39 Å². The van der Waals surface area contributed by atoms with E-state index >= 15 is 0 Å². The van der Waals surface area contributed by atoms with Crippen molar-refractivity contribution < 1.29 is 9.18 Å². The largest absolute Gasteiger partial charge is 0.332 e. The van der Waals surface area contributed by atoms with Gasteiger partial charge in [0.05, 0.1) is 17.6 Å². The molecule has 1 unspecified atom stereocenters. The first-order chi connectivity index (χ1) is 15.0. The van der Waals surface area contributed by atoms with Gasteiger partial charge in [0, 0.05) is 32.3 Å². The molecule has 0 bridgehead atoms. The third-order valence-electron chi connectivity index (χ3n) is 5.78. The minimum absolute atomic E-state index is 0.0371. The molecular weight excluding hydrogens is 395 g/mol. The first-order valence-electron chi connectivity index (χ1n) is 10.0. The monoisotopic (exact) mass is 416 g/mol. The van der Waals surface area contributed by atoms with Crippen LogP contribution in [0.5, 0.6) is 0 Å². The zero-order valence-corrected chi connectivity index (χ0v) is 17.2. The van der Waals surface area contributed by atoms with Crippen molar-refractivity contribution in [3.05, 3.63) is 94.8 Å². The average Bonchev–Trinajstić information content (AvgIpc) is 3.38. The molecule has 0 saturated carbocycles. The SMILES string of the molecule is Cc1c(C(=O)N2Cc3ccccc3C(c3cnn(C)c3)C2)nnn1-c1ccc(F)cc1. The average molecular weight is 416 g/mol. The Morgan fingerprint density at radius 1 is 1.13 bits per heavy atom. The number of benzene rings is 2. The predicted octanol–water partition coefficient (Wildman–Crippen LogP) is 3.24. The molecule has 0 saturated heterocycles. The summed E-state index contributed by atoms with van der Waals surface area (Å²) >= 11 is 0. The van der Waals surface area contributed by atoms with Crippen molar-refractivity contribution in [2.45, 2.75) is 19.4 Å². The molecule has 5 rings (SSSR count). The van der Waals surface area contributed by atoms with E-state index in [9.17, 15) is 9.18 Å². The Hall–Kier alpha value is -3.81. The van der Waals surface area contributed by atoms with E-state index in [4.69, 9.17) is 0 Å². The van der Waals surface area contributed by atoms with E-state index in [2.05, 4.69) is 27.5 Å². The first-order valence-corrected chi connectivity index (χ1v) is 10.0. The quantitative estimate of drug-likeness (QED) is 0.514. The summed E-state index contributed by atoms with van der Waals surface area (Å²) < 4.78 is 16.6. The number of carbonyl (C=O) groups excluding carboxylic acids is 1. The fourth-order valence-electron chi connectivity index (χ4n) is 4.17. The van der Waals surface area contributed by atoms with Crippen molar-refractivity contribution in [2.24, 2.45) is 7.05 Å². The minimum Gasteiger partial charge on any atom is -0.332 e. The van der Waals surface area contributed by atoms with Crippen LogP contribution in [0.15, 0.2) is 60.9 Å². The Labute approximate surface area is 178 Å². The molecule has 1 aliphatic heterocycles. The Morgan fingerprint density at radius 3 is 2.65 bits per heavy atom. The van der Waals surface area contributed by atoms with Crippen LogP contribution < -0.4 is 0 Å². The zero-order chi connectivity index (χ0) is 21.5. The number of hydrogen-bond acceptors (Lipinski definition) is 4. The summed E-state index contributed by atoms with van der Waals surface area (Å²) in [6.07, 6.45) is 3.84. The molecule has 0 fully saturated rings. The van der Waals surface area contributed by atoms with E-state index < -0.39 is 0 Å². The van der Waals surface area contributed by atoms with Crippen LogP contribution in [-0.2, 0) is 13.6 Å². The van der Waals surface area contributed by atoms with E-state index in [1.807, 2.05) is 36.5 Å². The molecular formula is C23H21FN6O. The third kappa shape index (κ3) is 3.39. The molecule has 0 N–H and O–H groups in total. The predicted molar refractivity (Wildman–Crippen MR) is 112 cm³/mol. The highest BCUT2D eigenvalue weighted by Crippen LogP contribution is 2.34. The topological polar surface area (TPSA) is 68.8 Å². The van der Waals surface area contributed by atoms with E-state index in [1.165, 1.54) is 17.7 Å². The first kappa shape index (κ1) is 19.2. The number of hydrogen-bond donors (Lipinski definition) is 0. The van der Waals surface area contributed by atoms with Crippen LogP contribution in [0.25, 0.3) is 5.69 Å². The fraction of sp³-hybridized carbons (Fsp3) is 0.217. The van der Waals surface area contributed by atoms with Gasteiger partial charge in [-0.25, -0.2) is 9.07 Å². The lowest BCUT2D eigenvalue weighted by Crippen LogP contribution is -2.39. The lowest BCUT2D eigenvalue weighted by Gasteiger charge is -2.34. The molecule has 156 valence electrons. The molecule has 1 amide bonds. The third-order valence-corrected chi connectivity index (χ3v) is 5.78. The molecule has 0 spiro atoms. The van der Waals surface area contributed by atoms with Crippen LogP contribution in [0.2, 0.25) is 0 Å². The van der Waals surface area contributed by atoms with Crippen molar-refractivity contribution in [3.63, 3.8) is 0 Å². The second kappa shape index (κ2) is 7.46. The second-order valence-corrected chi connectivity index (χ2v) is 7.80. The lowest BCUT2D eigenvalue weighted by molar-refractivity contribution is 0.0718. The minimum atomic E-state index is -0.328. The number of halogens is 1. The van der Waals surface area contributed by atoms with Gasteiger partial charge in [-0.2, -0.15) is 5.10 Å². The Balaban J connectivity index is 1.48. The van der Waals surface area contributed by atoms with Gasteiger partial charge in [0.25, 0.3) is 5.91 Å². The van der Waals surface area contributed by atoms with E-state index in [0.29, 0.717) is 30.2 Å². The zero-order valence-electron chi connectivity index (χ0n) is 17.2. The lowest BCUT2D eigenvalue weighted by atomic mass is 9.86. The van der Waals surface area contributed by atoms with Crippen LogP contribution in [0.3, 0.4) is 0 Å². The maximum atomic E-state index is 13.4. The van der Waals surface area contributed by atoms with E-state index in [-0.39, 0.29) is 17.6 Å². The summed E-state index contributed by atoms with van der Waals surface area (Å²) in [5.74, 6) is -0.462. The van der Waals surface area contributed by atoms with Crippen molar-refractivity contribution in [2.75, 3.05) is 6.54 Å². The van der Waals surface area contributed by atoms with Gasteiger partial charge in [0.15, 0.2) is 5.69 Å². The Bertz CT molecular complexity index is 1260. The molecule has 3 heterocycles. The van der Waals surface area contributed by atoms with Crippen LogP contribution in [0.1, 0.15) is 38.8 Å². The number of fused-ring (bicyclic) bond motifs is 1. The summed E-state index contributed by atoms with van der Waals surface area (Å²) in [4.78, 5) is 15.3. The van der Waals surface area contributed by atoms with Gasteiger partial charge in [0.2, 0.25) is 0 Å². The Kier molecular flexibility index (Phi) is 4.62. The van der Waals surface area contributed by atoms with Crippen molar-refractivity contribution in [3.8, 4) is 5.69 Å². The summed E-state index contributed by atoms with van der Waals surface area (Å²) in [6.45, 7) is 2.84. The Morgan fingerprint density at radius 2 is 1.90 bits per heavy atom. The summed E-state index contributed by atoms with van der Waals surface area (Å²) in [6, 6.07) is 14.1. The van der Waals surface area contributed by atoms with Gasteiger partial charge in [0.1, 0.15) is 5.82 Å². The molecule has 8 heteroatoms. The van der Waals surface area contributed by atoms with Crippen LogP contribution in [0, 0.1) is 12.7 Å². The molecule has 0 aliphatic carbocycles. The van der Waals surface area contributed by atoms with Crippen molar-refractivity contribution >= 4 is 5.91 Å². The molecule has 1 atom stereocenters. The summed E-state index contributed by atoms with van der Waals surface area (Å²) in [5, 5.41) is 12.6. The highest BCUT2D eigenvalue weighted by Gasteiger charge is 2.32. The van der Waals surface area contributed by atoms with Gasteiger partial charge in [-0.15, -0.1) is 5.10 Å². The highest BCUT2D eigenvalue weighted by molar-refractivity contribution is 5.93. The number of nitrogens with zero attached hydrogens (tertiary/aromatic N) is 6. The van der Waals surface area contributed by atoms with Crippen molar-refractivity contribution in [1.82, 2.24) is 29.7 Å². The maximum Gasteiger partial charge on any atom is 0.276 e. The van der Waals surface area contributed by atoms with Gasteiger partial charge >= 0.3 is 0 Å². The smallest absolute Gasteiger partial charge is 0.276 e. The van der Waals surface area contributed by atoms with E-state index in [0.717, 1.165) is 11.1 Å². The highest BCUT2D eigenvalue weighted by atomic mass is 19.1. The van der Waals surface area contributed by atoms with Crippen molar-refractivity contribution in [1.29, 1.82) is 0 Å². The number of aromatic nitrogens is 5. The molecule has 31 heavy (non-hydrogen) atoms. The molecule has 2 aromatic heterocycles. The van der Waals surface area contributed by atoms with E-state index in [1.54, 1.807) is 28.4 Å². The second-order valence-electron chi connectivity index (χ2n) is 7.80. The molecule has 0 radical (unpaired) electrons. The number of carbonyl (C=O) groups is 1. The fourth-order valence-corrected chi connectivity index (χ4v) is 4.17. The van der Waals surface area contributed by atoms with Crippen LogP contribution in [-0.4, -0.2) is 42.1 Å². The standard InChI is InChI=1S/C23H21FN6O/c1-15-22(26-27-30(15)19-9-7-18(24)8-10-19)23(31)29-13-16-5-3-4-6-20(16)21(14-29)17-11-25-28(2)12-17/h3-12,21H,13-14H2,1-2H3. The maximum absolute atomic E-state index is 13.4.